The average molecular weight is 481 g/mol. The van der Waals surface area contributed by atoms with Crippen LogP contribution < -0.4 is 4.74 Å². The summed E-state index contributed by atoms with van der Waals surface area (Å²) in [5, 5.41) is 1.83. The van der Waals surface area contributed by atoms with Gasteiger partial charge in [-0.25, -0.2) is 9.78 Å². The van der Waals surface area contributed by atoms with E-state index in [-0.39, 0.29) is 31.1 Å². The molecule has 0 bridgehead atoms. The Hall–Kier alpha value is -3.42. The summed E-state index contributed by atoms with van der Waals surface area (Å²) in [4.78, 5) is 44.8. The van der Waals surface area contributed by atoms with Gasteiger partial charge in [-0.1, -0.05) is 24.3 Å². The molecule has 2 aliphatic rings. The van der Waals surface area contributed by atoms with Gasteiger partial charge >= 0.3 is 12.1 Å². The molecule has 0 spiro atoms. The molecule has 1 aliphatic carbocycles. The average Bonchev–Trinajstić information content (AvgIpc) is 3.36. The Morgan fingerprint density at radius 2 is 1.97 bits per heavy atom. The van der Waals surface area contributed by atoms with Crippen LogP contribution in [0.2, 0.25) is 0 Å². The van der Waals surface area contributed by atoms with Gasteiger partial charge in [-0.05, 0) is 50.6 Å². The van der Waals surface area contributed by atoms with Crippen molar-refractivity contribution in [3.63, 3.8) is 0 Å². The van der Waals surface area contributed by atoms with Crippen LogP contribution in [0.15, 0.2) is 49.2 Å². The molecule has 0 N–H and O–H groups in total. The van der Waals surface area contributed by atoms with E-state index in [0.717, 1.165) is 10.8 Å². The molecule has 1 aromatic carbocycles. The second-order valence-corrected chi connectivity index (χ2v) is 10.3. The number of Topliss-reactive ketones (excluding diaryl/α,β-unsaturated/α-hetero) is 1. The van der Waals surface area contributed by atoms with E-state index in [1.54, 1.807) is 33.0 Å². The maximum absolute atomic E-state index is 13.5. The van der Waals surface area contributed by atoms with E-state index in [1.807, 2.05) is 30.3 Å². The fourth-order valence-corrected chi connectivity index (χ4v) is 4.84. The highest BCUT2D eigenvalue weighted by Gasteiger charge is 2.61. The van der Waals surface area contributed by atoms with Gasteiger partial charge in [0.25, 0.3) is 0 Å². The number of likely N-dealkylation sites (tertiary alicyclic amines) is 1. The first-order valence-corrected chi connectivity index (χ1v) is 11.8. The molecular weight excluding hydrogens is 448 g/mol. The maximum Gasteiger partial charge on any atom is 0.411 e. The number of esters is 1. The van der Waals surface area contributed by atoms with Crippen molar-refractivity contribution in [1.82, 2.24) is 9.88 Å². The van der Waals surface area contributed by atoms with Crippen LogP contribution in [0.4, 0.5) is 4.79 Å². The molecule has 4 atom stereocenters. The smallest absolute Gasteiger partial charge is 0.411 e. The van der Waals surface area contributed by atoms with Crippen LogP contribution >= 0.6 is 0 Å². The van der Waals surface area contributed by atoms with Gasteiger partial charge in [0.15, 0.2) is 5.78 Å². The molecule has 8 heteroatoms. The highest BCUT2D eigenvalue weighted by Crippen LogP contribution is 2.57. The van der Waals surface area contributed by atoms with E-state index in [9.17, 15) is 14.4 Å². The van der Waals surface area contributed by atoms with Gasteiger partial charge in [-0.15, -0.1) is 6.58 Å². The maximum atomic E-state index is 13.5. The largest absolute Gasteiger partial charge is 0.472 e. The molecule has 2 fully saturated rings. The van der Waals surface area contributed by atoms with Crippen LogP contribution in [0.3, 0.4) is 0 Å². The molecule has 4 rings (SSSR count). The van der Waals surface area contributed by atoms with Crippen LogP contribution in [-0.4, -0.2) is 59.1 Å². The zero-order chi connectivity index (χ0) is 25.4. The SMILES string of the molecule is C=C[C@@H]1C[C@]1(CC(=O)[C@@H]1C[C@@H](Oc2nccc3ccccc23)CN1C(=O)OC(C)(C)C)C(=O)OC. The van der Waals surface area contributed by atoms with Gasteiger partial charge < -0.3 is 14.2 Å². The van der Waals surface area contributed by atoms with Crippen LogP contribution in [0, 0.1) is 11.3 Å². The number of fused-ring (bicyclic) bond motifs is 1. The number of benzene rings is 1. The lowest BCUT2D eigenvalue weighted by molar-refractivity contribution is -0.149. The number of hydrogen-bond donors (Lipinski definition) is 0. The summed E-state index contributed by atoms with van der Waals surface area (Å²) in [5.41, 5.74) is -1.64. The van der Waals surface area contributed by atoms with E-state index in [2.05, 4.69) is 11.6 Å². The van der Waals surface area contributed by atoms with E-state index in [4.69, 9.17) is 14.2 Å². The lowest BCUT2D eigenvalue weighted by atomic mass is 9.92. The Morgan fingerprint density at radius 3 is 2.63 bits per heavy atom. The number of nitrogens with zero attached hydrogens (tertiary/aromatic N) is 2. The number of pyridine rings is 1. The normalized spacial score (nSPS) is 25.7. The summed E-state index contributed by atoms with van der Waals surface area (Å²) in [7, 11) is 1.32. The number of rotatable bonds is 7. The van der Waals surface area contributed by atoms with Gasteiger partial charge in [-0.2, -0.15) is 0 Å². The molecule has 1 amide bonds. The first-order valence-electron chi connectivity index (χ1n) is 11.8. The van der Waals surface area contributed by atoms with E-state index >= 15 is 0 Å². The molecule has 0 radical (unpaired) electrons. The van der Waals surface area contributed by atoms with Crippen LogP contribution in [0.5, 0.6) is 5.88 Å². The van der Waals surface area contributed by atoms with Crippen molar-refractivity contribution in [1.29, 1.82) is 0 Å². The molecule has 2 heterocycles. The lowest BCUT2D eigenvalue weighted by Gasteiger charge is -2.28. The van der Waals surface area contributed by atoms with E-state index < -0.39 is 35.2 Å². The second-order valence-electron chi connectivity index (χ2n) is 10.3. The van der Waals surface area contributed by atoms with Crippen molar-refractivity contribution in [3.8, 4) is 5.88 Å². The van der Waals surface area contributed by atoms with Crippen LogP contribution in [0.25, 0.3) is 10.8 Å². The second kappa shape index (κ2) is 9.32. The fourth-order valence-electron chi connectivity index (χ4n) is 4.84. The molecule has 1 saturated heterocycles. The van der Waals surface area contributed by atoms with Gasteiger partial charge in [-0.3, -0.25) is 14.5 Å². The Kier molecular flexibility index (Phi) is 6.58. The molecule has 0 unspecified atom stereocenters. The monoisotopic (exact) mass is 480 g/mol. The van der Waals surface area contributed by atoms with Crippen LogP contribution in [-0.2, 0) is 19.1 Å². The predicted octanol–water partition coefficient (Wildman–Crippen LogP) is 4.32. The minimum absolute atomic E-state index is 0.0282. The third-order valence-corrected chi connectivity index (χ3v) is 6.68. The highest BCUT2D eigenvalue weighted by atomic mass is 16.6. The van der Waals surface area contributed by atoms with Crippen molar-refractivity contribution in [2.45, 2.75) is 57.8 Å². The summed E-state index contributed by atoms with van der Waals surface area (Å²) in [5.74, 6) is -0.319. The van der Waals surface area contributed by atoms with Crippen molar-refractivity contribution >= 4 is 28.6 Å². The number of aromatic nitrogens is 1. The Morgan fingerprint density at radius 1 is 1.23 bits per heavy atom. The summed E-state index contributed by atoms with van der Waals surface area (Å²) in [6.07, 6.45) is 3.06. The number of hydrogen-bond acceptors (Lipinski definition) is 7. The standard InChI is InChI=1S/C27H32N2O6/c1-6-18-14-27(18,24(31)33-5)15-22(30)21-13-19(16-29(21)25(32)35-26(2,3)4)34-23-20-10-8-7-9-17(20)11-12-28-23/h6-12,18-19,21H,1,13-16H2,2-5H3/t18-,19-,21+,27-/m1/s1. The van der Waals surface area contributed by atoms with Crippen molar-refractivity contribution in [2.24, 2.45) is 11.3 Å². The predicted molar refractivity (Wildman–Crippen MR) is 130 cm³/mol. The molecule has 1 saturated carbocycles. The first-order chi connectivity index (χ1) is 16.6. The third kappa shape index (κ3) is 5.01. The molecule has 35 heavy (non-hydrogen) atoms. The Labute approximate surface area is 205 Å². The number of carbonyl (C=O) groups excluding carboxylic acids is 3. The van der Waals surface area contributed by atoms with Gasteiger partial charge in [0.1, 0.15) is 11.7 Å². The molecule has 2 aromatic rings. The Bertz CT molecular complexity index is 1150. The molecule has 186 valence electrons. The first kappa shape index (κ1) is 24.7. The van der Waals surface area contributed by atoms with E-state index in [1.165, 1.54) is 12.0 Å². The highest BCUT2D eigenvalue weighted by molar-refractivity contribution is 5.94. The van der Waals surface area contributed by atoms with Gasteiger partial charge in [0, 0.05) is 24.4 Å². The number of allylic oxidation sites excluding steroid dienone is 1. The third-order valence-electron chi connectivity index (χ3n) is 6.68. The summed E-state index contributed by atoms with van der Waals surface area (Å²) >= 11 is 0. The topological polar surface area (TPSA) is 95.0 Å². The number of methoxy groups -OCH3 is 1. The lowest BCUT2D eigenvalue weighted by Crippen LogP contribution is -2.44. The zero-order valence-electron chi connectivity index (χ0n) is 20.7. The zero-order valence-corrected chi connectivity index (χ0v) is 20.7. The number of amides is 1. The van der Waals surface area contributed by atoms with Crippen molar-refractivity contribution in [3.05, 3.63) is 49.2 Å². The minimum atomic E-state index is -0.913. The fraction of sp³-hybridized carbons (Fsp3) is 0.481. The van der Waals surface area contributed by atoms with E-state index in [0.29, 0.717) is 12.3 Å². The number of ketones is 1. The Balaban J connectivity index is 1.57. The number of carbonyl (C=O) groups is 3. The number of ether oxygens (including phenoxy) is 3. The van der Waals surface area contributed by atoms with Crippen molar-refractivity contribution < 1.29 is 28.6 Å². The molecule has 1 aromatic heterocycles. The quantitative estimate of drug-likeness (QED) is 0.430. The van der Waals surface area contributed by atoms with Gasteiger partial charge in [0.2, 0.25) is 5.88 Å². The summed E-state index contributed by atoms with van der Waals surface area (Å²) in [6, 6.07) is 8.85. The summed E-state index contributed by atoms with van der Waals surface area (Å²) in [6.45, 7) is 9.27. The molecular formula is C27H32N2O6. The van der Waals surface area contributed by atoms with Gasteiger partial charge in [0.05, 0.1) is 25.1 Å². The summed E-state index contributed by atoms with van der Waals surface area (Å²) < 4.78 is 16.8. The minimum Gasteiger partial charge on any atom is -0.472 e. The van der Waals surface area contributed by atoms with Crippen molar-refractivity contribution in [2.75, 3.05) is 13.7 Å². The molecule has 8 nitrogen and oxygen atoms in total. The molecule has 1 aliphatic heterocycles. The van der Waals surface area contributed by atoms with Crippen LogP contribution in [0.1, 0.15) is 40.0 Å².